The molecular formula is C21H23N. The van der Waals surface area contributed by atoms with E-state index in [1.807, 2.05) is 0 Å². The first-order valence-corrected chi connectivity index (χ1v) is 7.95. The third-order valence-electron chi connectivity index (χ3n) is 4.72. The van der Waals surface area contributed by atoms with E-state index in [0.717, 1.165) is 16.8 Å². The van der Waals surface area contributed by atoms with Crippen molar-refractivity contribution in [2.75, 3.05) is 5.32 Å². The molecule has 0 heterocycles. The molecule has 1 nitrogen and oxygen atoms in total. The fraction of sp³-hybridized carbons (Fsp3) is 0.238. The van der Waals surface area contributed by atoms with E-state index in [4.69, 9.17) is 0 Å². The maximum absolute atomic E-state index is 4.26. The normalized spacial score (nSPS) is 15.7. The highest BCUT2D eigenvalue weighted by atomic mass is 14.9. The SMILES string of the molecule is C=C1c2ccccc2C(=C)C1Nc1ccc(C(C)CC)cc1. The zero-order valence-corrected chi connectivity index (χ0v) is 13.4. The van der Waals surface area contributed by atoms with Gasteiger partial charge >= 0.3 is 0 Å². The van der Waals surface area contributed by atoms with Crippen LogP contribution in [0.15, 0.2) is 61.7 Å². The fourth-order valence-electron chi connectivity index (χ4n) is 3.05. The lowest BCUT2D eigenvalue weighted by Crippen LogP contribution is -2.17. The van der Waals surface area contributed by atoms with Crippen molar-refractivity contribution >= 4 is 16.8 Å². The summed E-state index contributed by atoms with van der Waals surface area (Å²) in [5.41, 5.74) is 7.13. The lowest BCUT2D eigenvalue weighted by atomic mass is 9.98. The Bertz CT molecular complexity index is 674. The molecule has 1 aliphatic carbocycles. The molecule has 0 amide bonds. The number of hydrogen-bond acceptors (Lipinski definition) is 1. The zero-order valence-electron chi connectivity index (χ0n) is 13.4. The van der Waals surface area contributed by atoms with Crippen LogP contribution in [0.1, 0.15) is 42.9 Å². The van der Waals surface area contributed by atoms with Gasteiger partial charge in [0.25, 0.3) is 0 Å². The van der Waals surface area contributed by atoms with Crippen molar-refractivity contribution in [2.24, 2.45) is 0 Å². The van der Waals surface area contributed by atoms with E-state index >= 15 is 0 Å². The van der Waals surface area contributed by atoms with Gasteiger partial charge in [-0.2, -0.15) is 0 Å². The first-order chi connectivity index (χ1) is 10.6. The highest BCUT2D eigenvalue weighted by molar-refractivity contribution is 5.98. The molecule has 1 atom stereocenters. The molecule has 3 rings (SSSR count). The Balaban J connectivity index is 1.80. The Morgan fingerprint density at radius 3 is 2.00 bits per heavy atom. The largest absolute Gasteiger partial charge is 0.374 e. The number of anilines is 1. The van der Waals surface area contributed by atoms with Gasteiger partial charge in [0.15, 0.2) is 0 Å². The van der Waals surface area contributed by atoms with Crippen molar-refractivity contribution in [3.63, 3.8) is 0 Å². The number of rotatable bonds is 4. The lowest BCUT2D eigenvalue weighted by molar-refractivity contribution is 0.734. The summed E-state index contributed by atoms with van der Waals surface area (Å²) in [7, 11) is 0. The van der Waals surface area contributed by atoms with Gasteiger partial charge in [-0.25, -0.2) is 0 Å². The predicted molar refractivity (Wildman–Crippen MR) is 97.1 cm³/mol. The number of nitrogens with one attached hydrogen (secondary N) is 1. The summed E-state index contributed by atoms with van der Waals surface area (Å²) in [4.78, 5) is 0. The van der Waals surface area contributed by atoms with Crippen LogP contribution in [0.25, 0.3) is 11.1 Å². The molecule has 1 unspecified atom stereocenters. The summed E-state index contributed by atoms with van der Waals surface area (Å²) in [6.07, 6.45) is 1.17. The van der Waals surface area contributed by atoms with Gasteiger partial charge in [-0.1, -0.05) is 63.4 Å². The van der Waals surface area contributed by atoms with Gasteiger partial charge in [0.05, 0.1) is 6.04 Å². The quantitative estimate of drug-likeness (QED) is 0.759. The maximum Gasteiger partial charge on any atom is 0.0768 e. The highest BCUT2D eigenvalue weighted by Gasteiger charge is 2.28. The average molecular weight is 289 g/mol. The average Bonchev–Trinajstić information content (AvgIpc) is 2.80. The van der Waals surface area contributed by atoms with Crippen LogP contribution >= 0.6 is 0 Å². The Hall–Kier alpha value is -2.28. The summed E-state index contributed by atoms with van der Waals surface area (Å²) in [6, 6.07) is 17.2. The molecule has 0 spiro atoms. The third kappa shape index (κ3) is 2.48. The van der Waals surface area contributed by atoms with E-state index in [-0.39, 0.29) is 6.04 Å². The van der Waals surface area contributed by atoms with Gasteiger partial charge in [0.1, 0.15) is 0 Å². The minimum Gasteiger partial charge on any atom is -0.374 e. The molecule has 1 heteroatoms. The molecule has 0 saturated heterocycles. The maximum atomic E-state index is 4.26. The van der Waals surface area contributed by atoms with Crippen molar-refractivity contribution in [1.29, 1.82) is 0 Å². The van der Waals surface area contributed by atoms with E-state index in [1.165, 1.54) is 23.1 Å². The van der Waals surface area contributed by atoms with E-state index in [2.05, 4.69) is 80.9 Å². The van der Waals surface area contributed by atoms with Crippen molar-refractivity contribution < 1.29 is 0 Å². The summed E-state index contributed by atoms with van der Waals surface area (Å²) >= 11 is 0. The Labute approximate surface area is 133 Å². The van der Waals surface area contributed by atoms with Gasteiger partial charge in [0, 0.05) is 5.69 Å². The van der Waals surface area contributed by atoms with E-state index in [9.17, 15) is 0 Å². The van der Waals surface area contributed by atoms with Crippen molar-refractivity contribution in [3.8, 4) is 0 Å². The van der Waals surface area contributed by atoms with Gasteiger partial charge in [0.2, 0.25) is 0 Å². The number of benzene rings is 2. The predicted octanol–water partition coefficient (Wildman–Crippen LogP) is 5.72. The molecule has 0 fully saturated rings. The standard InChI is InChI=1S/C21H23N/c1-5-14(2)17-10-12-18(13-11-17)22-21-15(3)19-8-6-7-9-20(19)16(21)4/h6-14,21-22H,3-5H2,1-2H3. The Kier molecular flexibility index (Phi) is 3.89. The first-order valence-electron chi connectivity index (χ1n) is 7.95. The third-order valence-corrected chi connectivity index (χ3v) is 4.72. The highest BCUT2D eigenvalue weighted by Crippen LogP contribution is 2.40. The first kappa shape index (κ1) is 14.6. The zero-order chi connectivity index (χ0) is 15.7. The van der Waals surface area contributed by atoms with Crippen LogP contribution in [0.2, 0.25) is 0 Å². The van der Waals surface area contributed by atoms with Crippen molar-refractivity contribution in [2.45, 2.75) is 32.2 Å². The fourth-order valence-corrected chi connectivity index (χ4v) is 3.05. The van der Waals surface area contributed by atoms with Gasteiger partial charge in [-0.15, -0.1) is 0 Å². The molecule has 0 bridgehead atoms. The molecule has 2 aromatic rings. The van der Waals surface area contributed by atoms with E-state index < -0.39 is 0 Å². The van der Waals surface area contributed by atoms with E-state index in [1.54, 1.807) is 0 Å². The molecule has 0 aromatic heterocycles. The van der Waals surface area contributed by atoms with Gasteiger partial charge in [-0.05, 0) is 52.3 Å². The van der Waals surface area contributed by atoms with Crippen LogP contribution in [-0.4, -0.2) is 6.04 Å². The minimum atomic E-state index is 0.0897. The van der Waals surface area contributed by atoms with Crippen molar-refractivity contribution in [1.82, 2.24) is 0 Å². The molecule has 22 heavy (non-hydrogen) atoms. The monoisotopic (exact) mass is 289 g/mol. The number of fused-ring (bicyclic) bond motifs is 1. The van der Waals surface area contributed by atoms with E-state index in [0.29, 0.717) is 5.92 Å². The smallest absolute Gasteiger partial charge is 0.0768 e. The second-order valence-corrected chi connectivity index (χ2v) is 6.10. The van der Waals surface area contributed by atoms with Crippen LogP contribution in [0.3, 0.4) is 0 Å². The Morgan fingerprint density at radius 1 is 0.955 bits per heavy atom. The summed E-state index contributed by atoms with van der Waals surface area (Å²) in [5, 5.41) is 3.57. The van der Waals surface area contributed by atoms with Crippen molar-refractivity contribution in [3.05, 3.63) is 78.4 Å². The molecule has 1 N–H and O–H groups in total. The van der Waals surface area contributed by atoms with Gasteiger partial charge in [-0.3, -0.25) is 0 Å². The molecule has 112 valence electrons. The van der Waals surface area contributed by atoms with Crippen LogP contribution in [0, 0.1) is 0 Å². The molecular weight excluding hydrogens is 266 g/mol. The molecule has 0 saturated carbocycles. The molecule has 2 aromatic carbocycles. The molecule has 0 radical (unpaired) electrons. The van der Waals surface area contributed by atoms with Crippen LogP contribution in [-0.2, 0) is 0 Å². The van der Waals surface area contributed by atoms with Crippen LogP contribution in [0.5, 0.6) is 0 Å². The second-order valence-electron chi connectivity index (χ2n) is 6.10. The van der Waals surface area contributed by atoms with Crippen LogP contribution in [0.4, 0.5) is 5.69 Å². The number of hydrogen-bond donors (Lipinski definition) is 1. The molecule has 1 aliphatic rings. The summed E-state index contributed by atoms with van der Waals surface area (Å²) < 4.78 is 0. The minimum absolute atomic E-state index is 0.0897. The topological polar surface area (TPSA) is 12.0 Å². The second kappa shape index (κ2) is 5.84. The van der Waals surface area contributed by atoms with Gasteiger partial charge < -0.3 is 5.32 Å². The Morgan fingerprint density at radius 2 is 1.50 bits per heavy atom. The lowest BCUT2D eigenvalue weighted by Gasteiger charge is -2.18. The van der Waals surface area contributed by atoms with Crippen LogP contribution < -0.4 is 5.32 Å². The summed E-state index contributed by atoms with van der Waals surface area (Å²) in [5.74, 6) is 0.606. The summed E-state index contributed by atoms with van der Waals surface area (Å²) in [6.45, 7) is 13.0. The molecule has 0 aliphatic heterocycles.